The molecule has 1 aliphatic rings. The number of aromatic nitrogens is 2. The lowest BCUT2D eigenvalue weighted by Crippen LogP contribution is -2.31. The van der Waals surface area contributed by atoms with Crippen molar-refractivity contribution in [1.29, 1.82) is 0 Å². The average molecular weight is 323 g/mol. The van der Waals surface area contributed by atoms with Crippen LogP contribution in [0.5, 0.6) is 0 Å². The molecule has 1 fully saturated rings. The largest absolute Gasteiger partial charge is 0.395 e. The molecule has 0 radical (unpaired) electrons. The minimum Gasteiger partial charge on any atom is -0.395 e. The number of H-pyrrole nitrogens is 1. The standard InChI is InChI=1S/C9H11BrN2O4S/c10-4-2-12(9(16)11-8(4)15)7-1-5(14)6(3-13)17-7/h2,5-7,13-14H,1,3H2,(H,11,15,16)/t5?,6-,7+/m0/s1. The van der Waals surface area contributed by atoms with Crippen LogP contribution in [0.2, 0.25) is 0 Å². The average Bonchev–Trinajstić information content (AvgIpc) is 2.65. The summed E-state index contributed by atoms with van der Waals surface area (Å²) in [7, 11) is 0. The van der Waals surface area contributed by atoms with Gasteiger partial charge in [0.1, 0.15) is 0 Å². The molecule has 1 unspecified atom stereocenters. The Bertz CT molecular complexity index is 528. The van der Waals surface area contributed by atoms with Crippen LogP contribution in [0, 0.1) is 0 Å². The number of nitrogens with one attached hydrogen (secondary N) is 1. The van der Waals surface area contributed by atoms with Gasteiger partial charge >= 0.3 is 5.69 Å². The second kappa shape index (κ2) is 4.97. The van der Waals surface area contributed by atoms with E-state index in [1.807, 2.05) is 0 Å². The van der Waals surface area contributed by atoms with Crippen molar-refractivity contribution in [3.63, 3.8) is 0 Å². The smallest absolute Gasteiger partial charge is 0.329 e. The van der Waals surface area contributed by atoms with Crippen LogP contribution in [-0.2, 0) is 0 Å². The highest BCUT2D eigenvalue weighted by Gasteiger charge is 2.34. The van der Waals surface area contributed by atoms with Gasteiger partial charge in [0.2, 0.25) is 0 Å². The van der Waals surface area contributed by atoms with Crippen molar-refractivity contribution in [2.45, 2.75) is 23.1 Å². The van der Waals surface area contributed by atoms with Gasteiger partial charge in [0.05, 0.1) is 27.8 Å². The van der Waals surface area contributed by atoms with Crippen LogP contribution in [-0.4, -0.2) is 37.7 Å². The molecule has 1 aromatic rings. The van der Waals surface area contributed by atoms with Crippen LogP contribution >= 0.6 is 27.7 Å². The van der Waals surface area contributed by atoms with Gasteiger partial charge < -0.3 is 10.2 Å². The minimum atomic E-state index is -0.646. The summed E-state index contributed by atoms with van der Waals surface area (Å²) in [6, 6.07) is 0. The van der Waals surface area contributed by atoms with E-state index in [-0.39, 0.29) is 21.7 Å². The van der Waals surface area contributed by atoms with E-state index in [0.29, 0.717) is 6.42 Å². The SMILES string of the molecule is O=c1[nH]c(=O)n([C@H]2CC(O)[C@H](CO)S2)cc1Br. The lowest BCUT2D eigenvalue weighted by atomic mass is 10.2. The van der Waals surface area contributed by atoms with Gasteiger partial charge in [0.15, 0.2) is 0 Å². The third-order valence-electron chi connectivity index (χ3n) is 2.62. The Hall–Kier alpha value is -0.570. The van der Waals surface area contributed by atoms with E-state index in [4.69, 9.17) is 5.11 Å². The second-order valence-corrected chi connectivity index (χ2v) is 6.03. The first-order chi connectivity index (χ1) is 8.02. The third kappa shape index (κ3) is 2.49. The Labute approximate surface area is 109 Å². The number of thioether (sulfide) groups is 1. The van der Waals surface area contributed by atoms with Crippen LogP contribution in [0.25, 0.3) is 0 Å². The van der Waals surface area contributed by atoms with E-state index >= 15 is 0 Å². The lowest BCUT2D eigenvalue weighted by Gasteiger charge is -2.12. The number of halogens is 1. The van der Waals surface area contributed by atoms with Gasteiger partial charge in [-0.3, -0.25) is 14.3 Å². The van der Waals surface area contributed by atoms with Crippen molar-refractivity contribution in [3.05, 3.63) is 31.5 Å². The molecule has 2 rings (SSSR count). The zero-order chi connectivity index (χ0) is 12.6. The minimum absolute atomic E-state index is 0.137. The van der Waals surface area contributed by atoms with Crippen LogP contribution < -0.4 is 11.2 Å². The van der Waals surface area contributed by atoms with E-state index < -0.39 is 17.4 Å². The molecule has 6 nitrogen and oxygen atoms in total. The molecule has 8 heteroatoms. The Morgan fingerprint density at radius 2 is 2.29 bits per heavy atom. The van der Waals surface area contributed by atoms with Crippen molar-refractivity contribution in [2.24, 2.45) is 0 Å². The topological polar surface area (TPSA) is 95.3 Å². The molecule has 1 aromatic heterocycles. The van der Waals surface area contributed by atoms with E-state index in [9.17, 15) is 14.7 Å². The predicted octanol–water partition coefficient (Wildman–Crippen LogP) is -0.344. The molecule has 2 heterocycles. The van der Waals surface area contributed by atoms with Crippen LogP contribution in [0.15, 0.2) is 20.3 Å². The van der Waals surface area contributed by atoms with Gasteiger partial charge in [-0.05, 0) is 15.9 Å². The van der Waals surface area contributed by atoms with Gasteiger partial charge in [0.25, 0.3) is 5.56 Å². The highest BCUT2D eigenvalue weighted by atomic mass is 79.9. The van der Waals surface area contributed by atoms with Gasteiger partial charge in [0, 0.05) is 12.6 Å². The number of aliphatic hydroxyl groups is 2. The maximum absolute atomic E-state index is 11.6. The molecule has 3 atom stereocenters. The Morgan fingerprint density at radius 3 is 2.88 bits per heavy atom. The number of hydrogen-bond acceptors (Lipinski definition) is 5. The van der Waals surface area contributed by atoms with Crippen LogP contribution in [0.3, 0.4) is 0 Å². The second-order valence-electron chi connectivity index (χ2n) is 3.76. The van der Waals surface area contributed by atoms with Gasteiger partial charge in [-0.1, -0.05) is 0 Å². The number of hydrogen-bond donors (Lipinski definition) is 3. The van der Waals surface area contributed by atoms with Crippen molar-refractivity contribution in [1.82, 2.24) is 9.55 Å². The third-order valence-corrected chi connectivity index (χ3v) is 4.73. The Balaban J connectivity index is 2.34. The predicted molar refractivity (Wildman–Crippen MR) is 67.1 cm³/mol. The zero-order valence-corrected chi connectivity index (χ0v) is 11.1. The van der Waals surface area contributed by atoms with E-state index in [1.165, 1.54) is 22.5 Å². The molecule has 0 saturated carbocycles. The van der Waals surface area contributed by atoms with Gasteiger partial charge in [-0.25, -0.2) is 4.79 Å². The molecule has 94 valence electrons. The van der Waals surface area contributed by atoms with Crippen molar-refractivity contribution >= 4 is 27.7 Å². The summed E-state index contributed by atoms with van der Waals surface area (Å²) in [6.45, 7) is -0.137. The summed E-state index contributed by atoms with van der Waals surface area (Å²) in [4.78, 5) is 25.0. The summed E-state index contributed by atoms with van der Waals surface area (Å²) in [5.41, 5.74) is -0.991. The molecule has 0 aromatic carbocycles. The molecule has 0 bridgehead atoms. The quantitative estimate of drug-likeness (QED) is 0.692. The first-order valence-corrected chi connectivity index (χ1v) is 6.72. The summed E-state index contributed by atoms with van der Waals surface area (Å²) >= 11 is 4.37. The molecular weight excluding hydrogens is 312 g/mol. The van der Waals surface area contributed by atoms with Gasteiger partial charge in [-0.15, -0.1) is 11.8 Å². The molecule has 0 amide bonds. The normalized spacial score (nSPS) is 28.5. The van der Waals surface area contributed by atoms with E-state index in [1.54, 1.807) is 0 Å². The van der Waals surface area contributed by atoms with Crippen molar-refractivity contribution in [2.75, 3.05) is 6.61 Å². The molecule has 0 aliphatic carbocycles. The fraction of sp³-hybridized carbons (Fsp3) is 0.556. The molecule has 1 aliphatic heterocycles. The van der Waals surface area contributed by atoms with Crippen LogP contribution in [0.4, 0.5) is 0 Å². The molecule has 17 heavy (non-hydrogen) atoms. The summed E-state index contributed by atoms with van der Waals surface area (Å²) in [5.74, 6) is 0. The van der Waals surface area contributed by atoms with Crippen molar-refractivity contribution in [3.8, 4) is 0 Å². The molecule has 0 spiro atoms. The Kier molecular flexibility index (Phi) is 3.76. The number of rotatable bonds is 2. The summed E-state index contributed by atoms with van der Waals surface area (Å²) < 4.78 is 1.62. The van der Waals surface area contributed by atoms with Gasteiger partial charge in [-0.2, -0.15) is 0 Å². The maximum Gasteiger partial charge on any atom is 0.329 e. The zero-order valence-electron chi connectivity index (χ0n) is 8.67. The first kappa shape index (κ1) is 12.9. The van der Waals surface area contributed by atoms with E-state index in [0.717, 1.165) is 0 Å². The highest BCUT2D eigenvalue weighted by molar-refractivity contribution is 9.10. The number of aromatic amines is 1. The Morgan fingerprint density at radius 1 is 1.59 bits per heavy atom. The monoisotopic (exact) mass is 322 g/mol. The highest BCUT2D eigenvalue weighted by Crippen LogP contribution is 2.40. The fourth-order valence-corrected chi connectivity index (χ4v) is 3.42. The number of aliphatic hydroxyl groups excluding tert-OH is 2. The van der Waals surface area contributed by atoms with Crippen LogP contribution in [0.1, 0.15) is 11.8 Å². The molecule has 3 N–H and O–H groups in total. The molecular formula is C9H11BrN2O4S. The fourth-order valence-electron chi connectivity index (χ4n) is 1.72. The van der Waals surface area contributed by atoms with E-state index in [2.05, 4.69) is 20.9 Å². The summed E-state index contributed by atoms with van der Waals surface area (Å²) in [5, 5.41) is 18.1. The summed E-state index contributed by atoms with van der Waals surface area (Å²) in [6.07, 6.45) is 1.13. The maximum atomic E-state index is 11.6. The lowest BCUT2D eigenvalue weighted by molar-refractivity contribution is 0.137. The number of nitrogens with zero attached hydrogens (tertiary/aromatic N) is 1. The van der Waals surface area contributed by atoms with Crippen molar-refractivity contribution < 1.29 is 10.2 Å². The first-order valence-electron chi connectivity index (χ1n) is 4.98. The molecule has 1 saturated heterocycles.